The van der Waals surface area contributed by atoms with E-state index in [2.05, 4.69) is 5.32 Å². The van der Waals surface area contributed by atoms with Crippen molar-refractivity contribution < 1.29 is 9.18 Å². The number of nitrogens with zero attached hydrogens (tertiary/aromatic N) is 1. The molecule has 78 valence electrons. The van der Waals surface area contributed by atoms with Crippen LogP contribution in [0.5, 0.6) is 0 Å². The summed E-state index contributed by atoms with van der Waals surface area (Å²) in [5.41, 5.74) is 0.536. The molecular formula is C10H8ClFN2O. The van der Waals surface area contributed by atoms with Gasteiger partial charge in [-0.2, -0.15) is 5.26 Å². The van der Waals surface area contributed by atoms with Gasteiger partial charge in [-0.1, -0.05) is 17.7 Å². The van der Waals surface area contributed by atoms with Crippen LogP contribution in [0.15, 0.2) is 18.2 Å². The molecule has 1 N–H and O–H groups in total. The maximum atomic E-state index is 12.7. The molecule has 1 amide bonds. The second-order valence-corrected chi connectivity index (χ2v) is 3.25. The van der Waals surface area contributed by atoms with E-state index in [1.165, 1.54) is 12.1 Å². The minimum atomic E-state index is -0.443. The van der Waals surface area contributed by atoms with E-state index < -0.39 is 5.82 Å². The molecule has 0 fully saturated rings. The van der Waals surface area contributed by atoms with E-state index in [-0.39, 0.29) is 23.9 Å². The third-order valence-corrected chi connectivity index (χ3v) is 2.08. The van der Waals surface area contributed by atoms with Crippen molar-refractivity contribution in [3.63, 3.8) is 0 Å². The number of halogens is 2. The molecule has 0 atom stereocenters. The maximum Gasteiger partial charge on any atom is 0.225 e. The summed E-state index contributed by atoms with van der Waals surface area (Å²) in [5.74, 6) is -0.758. The maximum absolute atomic E-state index is 12.7. The highest BCUT2D eigenvalue weighted by Crippen LogP contribution is 2.17. The second-order valence-electron chi connectivity index (χ2n) is 2.85. The summed E-state index contributed by atoms with van der Waals surface area (Å²) in [5, 5.41) is 10.8. The zero-order valence-corrected chi connectivity index (χ0v) is 8.51. The monoisotopic (exact) mass is 226 g/mol. The average molecular weight is 227 g/mol. The van der Waals surface area contributed by atoms with Gasteiger partial charge in [0.2, 0.25) is 5.91 Å². The number of hydrogen-bond donors (Lipinski definition) is 1. The highest BCUT2D eigenvalue weighted by atomic mass is 35.5. The van der Waals surface area contributed by atoms with E-state index in [4.69, 9.17) is 16.9 Å². The third-order valence-electron chi connectivity index (χ3n) is 1.73. The van der Waals surface area contributed by atoms with Gasteiger partial charge >= 0.3 is 0 Å². The number of amides is 1. The van der Waals surface area contributed by atoms with Crippen LogP contribution in [0, 0.1) is 17.1 Å². The lowest BCUT2D eigenvalue weighted by Gasteiger charge is -2.03. The van der Waals surface area contributed by atoms with Crippen LogP contribution in [0.25, 0.3) is 0 Å². The number of carbonyl (C=O) groups excluding carboxylic acids is 1. The molecule has 5 heteroatoms. The fourth-order valence-electron chi connectivity index (χ4n) is 1.04. The van der Waals surface area contributed by atoms with Crippen LogP contribution in [-0.2, 0) is 11.2 Å². The molecule has 0 aliphatic rings. The fraction of sp³-hybridized carbons (Fsp3) is 0.200. The molecule has 0 spiro atoms. The molecule has 0 aromatic heterocycles. The van der Waals surface area contributed by atoms with Crippen LogP contribution in [0.1, 0.15) is 5.56 Å². The van der Waals surface area contributed by atoms with E-state index in [0.29, 0.717) is 5.56 Å². The molecule has 0 saturated carbocycles. The van der Waals surface area contributed by atoms with Gasteiger partial charge in [-0.25, -0.2) is 4.39 Å². The van der Waals surface area contributed by atoms with E-state index in [1.54, 1.807) is 6.07 Å². The Morgan fingerprint density at radius 2 is 2.33 bits per heavy atom. The molecule has 0 aliphatic heterocycles. The van der Waals surface area contributed by atoms with E-state index in [1.807, 2.05) is 0 Å². The van der Waals surface area contributed by atoms with Crippen LogP contribution in [0.3, 0.4) is 0 Å². The summed E-state index contributed by atoms with van der Waals surface area (Å²) in [7, 11) is 0. The van der Waals surface area contributed by atoms with Gasteiger partial charge in [0.25, 0.3) is 0 Å². The molecule has 0 bridgehead atoms. The van der Waals surface area contributed by atoms with E-state index in [9.17, 15) is 9.18 Å². The lowest BCUT2D eigenvalue weighted by molar-refractivity contribution is -0.120. The predicted molar refractivity (Wildman–Crippen MR) is 53.7 cm³/mol. The van der Waals surface area contributed by atoms with E-state index in [0.717, 1.165) is 6.07 Å². The van der Waals surface area contributed by atoms with Crippen molar-refractivity contribution in [1.82, 2.24) is 5.32 Å². The summed E-state index contributed by atoms with van der Waals surface area (Å²) >= 11 is 5.72. The standard InChI is InChI=1S/C10H8ClFN2O/c11-9-6-8(12)2-1-7(9)5-10(15)14-4-3-13/h1-2,6H,4-5H2,(H,14,15). The molecule has 1 rings (SSSR count). The molecule has 0 aliphatic carbocycles. The Morgan fingerprint density at radius 1 is 1.60 bits per heavy atom. The van der Waals surface area contributed by atoms with Gasteiger partial charge in [0.1, 0.15) is 12.4 Å². The highest BCUT2D eigenvalue weighted by Gasteiger charge is 2.07. The summed E-state index contributed by atoms with van der Waals surface area (Å²) in [6, 6.07) is 5.61. The third kappa shape index (κ3) is 3.56. The number of benzene rings is 1. The first-order valence-corrected chi connectivity index (χ1v) is 4.59. The van der Waals surface area contributed by atoms with Crippen molar-refractivity contribution in [3.8, 4) is 6.07 Å². The molecule has 0 unspecified atom stereocenters. The van der Waals surface area contributed by atoms with Crippen LogP contribution >= 0.6 is 11.6 Å². The molecular weight excluding hydrogens is 219 g/mol. The average Bonchev–Trinajstić information content (AvgIpc) is 2.19. The predicted octanol–water partition coefficient (Wildman–Crippen LogP) is 1.66. The molecule has 0 saturated heterocycles. The number of nitriles is 1. The minimum absolute atomic E-state index is 0.0425. The van der Waals surface area contributed by atoms with Gasteiger partial charge < -0.3 is 5.32 Å². The second kappa shape index (κ2) is 5.32. The number of nitrogens with one attached hydrogen (secondary N) is 1. The van der Waals surface area contributed by atoms with Crippen molar-refractivity contribution >= 4 is 17.5 Å². The number of carbonyl (C=O) groups is 1. The zero-order chi connectivity index (χ0) is 11.3. The van der Waals surface area contributed by atoms with Crippen LogP contribution in [0.2, 0.25) is 5.02 Å². The van der Waals surface area contributed by atoms with Crippen LogP contribution < -0.4 is 5.32 Å². The summed E-state index contributed by atoms with van der Waals surface area (Å²) < 4.78 is 12.7. The van der Waals surface area contributed by atoms with Crippen LogP contribution in [0.4, 0.5) is 4.39 Å². The first kappa shape index (κ1) is 11.5. The van der Waals surface area contributed by atoms with Crippen molar-refractivity contribution in [2.45, 2.75) is 6.42 Å². The zero-order valence-electron chi connectivity index (χ0n) is 7.76. The summed E-state index contributed by atoms with van der Waals surface area (Å²) in [6.07, 6.45) is 0.0425. The minimum Gasteiger partial charge on any atom is -0.343 e. The molecule has 15 heavy (non-hydrogen) atoms. The van der Waals surface area contributed by atoms with Gasteiger partial charge in [-0.05, 0) is 17.7 Å². The van der Waals surface area contributed by atoms with E-state index >= 15 is 0 Å². The lowest BCUT2D eigenvalue weighted by Crippen LogP contribution is -2.25. The SMILES string of the molecule is N#CCNC(=O)Cc1ccc(F)cc1Cl. The lowest BCUT2D eigenvalue weighted by atomic mass is 10.1. The topological polar surface area (TPSA) is 52.9 Å². The number of hydrogen-bond acceptors (Lipinski definition) is 2. The molecule has 3 nitrogen and oxygen atoms in total. The Balaban J connectivity index is 2.65. The van der Waals surface area contributed by atoms with Gasteiger partial charge in [0, 0.05) is 5.02 Å². The van der Waals surface area contributed by atoms with Crippen molar-refractivity contribution in [2.24, 2.45) is 0 Å². The van der Waals surface area contributed by atoms with Gasteiger partial charge in [0.15, 0.2) is 0 Å². The van der Waals surface area contributed by atoms with Crippen LogP contribution in [-0.4, -0.2) is 12.5 Å². The fourth-order valence-corrected chi connectivity index (χ4v) is 1.27. The van der Waals surface area contributed by atoms with Gasteiger partial charge in [-0.15, -0.1) is 0 Å². The first-order chi connectivity index (χ1) is 7.13. The Bertz CT molecular complexity index is 414. The van der Waals surface area contributed by atoms with Gasteiger partial charge in [0.05, 0.1) is 12.5 Å². The summed E-state index contributed by atoms with van der Waals surface area (Å²) in [6.45, 7) is -0.0440. The van der Waals surface area contributed by atoms with Crippen molar-refractivity contribution in [2.75, 3.05) is 6.54 Å². The first-order valence-electron chi connectivity index (χ1n) is 4.21. The Hall–Kier alpha value is -1.60. The Kier molecular flexibility index (Phi) is 4.07. The number of rotatable bonds is 3. The molecule has 0 heterocycles. The molecule has 1 aromatic carbocycles. The Labute approximate surface area is 91.5 Å². The Morgan fingerprint density at radius 3 is 2.93 bits per heavy atom. The molecule has 0 radical (unpaired) electrons. The van der Waals surface area contributed by atoms with Gasteiger partial charge in [-0.3, -0.25) is 4.79 Å². The highest BCUT2D eigenvalue weighted by molar-refractivity contribution is 6.31. The van der Waals surface area contributed by atoms with Crippen molar-refractivity contribution in [1.29, 1.82) is 5.26 Å². The molecule has 1 aromatic rings. The normalized spacial score (nSPS) is 9.40. The largest absolute Gasteiger partial charge is 0.343 e. The van der Waals surface area contributed by atoms with Crippen molar-refractivity contribution in [3.05, 3.63) is 34.6 Å². The summed E-state index contributed by atoms with van der Waals surface area (Å²) in [4.78, 5) is 11.2. The quantitative estimate of drug-likeness (QED) is 0.797. The smallest absolute Gasteiger partial charge is 0.225 e.